The molecule has 1 N–H and O–H groups in total. The van der Waals surface area contributed by atoms with Crippen LogP contribution in [0.1, 0.15) is 37.0 Å². The zero-order valence-corrected chi connectivity index (χ0v) is 19.0. The quantitative estimate of drug-likeness (QED) is 0.741. The average molecular weight is 435 g/mol. The third-order valence-corrected chi connectivity index (χ3v) is 6.09. The number of hydrogen-bond donors (Lipinski definition) is 1. The minimum absolute atomic E-state index is 0.110. The predicted octanol–water partition coefficient (Wildman–Crippen LogP) is 4.68. The molecule has 0 radical (unpaired) electrons. The predicted molar refractivity (Wildman–Crippen MR) is 127 cm³/mol. The number of benzene rings is 2. The molecular weight excluding hydrogens is 408 g/mol. The highest BCUT2D eigenvalue weighted by Gasteiger charge is 2.41. The monoisotopic (exact) mass is 434 g/mol. The molecule has 0 saturated carbocycles. The molecule has 6 nitrogen and oxygen atoms in total. The van der Waals surface area contributed by atoms with Gasteiger partial charge in [-0.3, -0.25) is 14.5 Å². The standard InChI is InChI=1S/C24H26N4O2S/c1-14(2)9-20-23(30)27-22-18-7-5-6-8-19(18)26-24(28(20)22)31-13-21(29)25-17-11-15(3)10-16(4)12-17/h5-8,10-12,14,20H,9,13H2,1-4H3,(H,25,29). The van der Waals surface area contributed by atoms with Crippen LogP contribution in [0.2, 0.25) is 0 Å². The van der Waals surface area contributed by atoms with Crippen molar-refractivity contribution in [2.24, 2.45) is 15.9 Å². The third kappa shape index (κ3) is 4.56. The first-order valence-corrected chi connectivity index (χ1v) is 11.4. The maximum absolute atomic E-state index is 12.7. The molecule has 31 heavy (non-hydrogen) atoms. The Morgan fingerprint density at radius 1 is 1.13 bits per heavy atom. The summed E-state index contributed by atoms with van der Waals surface area (Å²) in [4.78, 5) is 36.4. The van der Waals surface area contributed by atoms with E-state index >= 15 is 0 Å². The van der Waals surface area contributed by atoms with Gasteiger partial charge in [0.2, 0.25) is 5.91 Å². The number of nitrogens with zero attached hydrogens (tertiary/aromatic N) is 3. The summed E-state index contributed by atoms with van der Waals surface area (Å²) in [5, 5.41) is 3.61. The van der Waals surface area contributed by atoms with Crippen molar-refractivity contribution in [3.63, 3.8) is 0 Å². The Balaban J connectivity index is 1.56. The molecule has 1 unspecified atom stereocenters. The number of thioether (sulfide) groups is 1. The molecule has 0 fully saturated rings. The normalized spacial score (nSPS) is 17.3. The molecule has 2 aliphatic heterocycles. The van der Waals surface area contributed by atoms with E-state index in [1.165, 1.54) is 11.8 Å². The van der Waals surface area contributed by atoms with Crippen LogP contribution < -0.4 is 5.32 Å². The summed E-state index contributed by atoms with van der Waals surface area (Å²) in [5.74, 6) is 0.910. The average Bonchev–Trinajstić information content (AvgIpc) is 3.01. The fourth-order valence-electron chi connectivity index (χ4n) is 3.95. The first-order valence-electron chi connectivity index (χ1n) is 10.4. The number of anilines is 1. The summed E-state index contributed by atoms with van der Waals surface area (Å²) in [6.07, 6.45) is 0.683. The summed E-state index contributed by atoms with van der Waals surface area (Å²) in [6, 6.07) is 13.3. The van der Waals surface area contributed by atoms with Crippen molar-refractivity contribution < 1.29 is 9.59 Å². The van der Waals surface area contributed by atoms with Crippen LogP contribution in [0.15, 0.2) is 52.4 Å². The summed E-state index contributed by atoms with van der Waals surface area (Å²) in [5.41, 5.74) is 4.61. The largest absolute Gasteiger partial charge is 0.325 e. The van der Waals surface area contributed by atoms with Crippen LogP contribution in [0, 0.1) is 19.8 Å². The van der Waals surface area contributed by atoms with E-state index in [1.54, 1.807) is 0 Å². The van der Waals surface area contributed by atoms with E-state index in [4.69, 9.17) is 4.99 Å². The highest BCUT2D eigenvalue weighted by molar-refractivity contribution is 8.14. The van der Waals surface area contributed by atoms with Gasteiger partial charge in [-0.2, -0.15) is 4.99 Å². The zero-order chi connectivity index (χ0) is 22.1. The summed E-state index contributed by atoms with van der Waals surface area (Å²) in [7, 11) is 0. The highest BCUT2D eigenvalue weighted by Crippen LogP contribution is 2.35. The van der Waals surface area contributed by atoms with E-state index in [-0.39, 0.29) is 23.6 Å². The smallest absolute Gasteiger partial charge is 0.270 e. The van der Waals surface area contributed by atoms with E-state index < -0.39 is 0 Å². The Hall–Kier alpha value is -2.93. The van der Waals surface area contributed by atoms with Gasteiger partial charge in [0, 0.05) is 11.3 Å². The fraction of sp³-hybridized carbons (Fsp3) is 0.333. The molecule has 7 heteroatoms. The van der Waals surface area contributed by atoms with Gasteiger partial charge in [0.1, 0.15) is 11.9 Å². The molecule has 4 rings (SSSR count). The number of aryl methyl sites for hydroxylation is 2. The summed E-state index contributed by atoms with van der Waals surface area (Å²) in [6.45, 7) is 8.19. The summed E-state index contributed by atoms with van der Waals surface area (Å²) < 4.78 is 0. The minimum Gasteiger partial charge on any atom is -0.325 e. The first-order chi connectivity index (χ1) is 14.8. The van der Waals surface area contributed by atoms with Crippen molar-refractivity contribution in [3.05, 3.63) is 59.2 Å². The van der Waals surface area contributed by atoms with Crippen molar-refractivity contribution in [1.82, 2.24) is 4.90 Å². The van der Waals surface area contributed by atoms with Crippen LogP contribution in [0.3, 0.4) is 0 Å². The molecule has 160 valence electrons. The molecule has 2 aromatic rings. The van der Waals surface area contributed by atoms with Gasteiger partial charge in [0.25, 0.3) is 5.91 Å². The lowest BCUT2D eigenvalue weighted by atomic mass is 10.0. The van der Waals surface area contributed by atoms with Crippen molar-refractivity contribution >= 4 is 46.0 Å². The Morgan fingerprint density at radius 2 is 1.84 bits per heavy atom. The van der Waals surface area contributed by atoms with Crippen LogP contribution in [0.5, 0.6) is 0 Å². The molecule has 2 heterocycles. The number of hydrogen-bond acceptors (Lipinski definition) is 5. The number of rotatable bonds is 5. The molecular formula is C24H26N4O2S. The number of carbonyl (C=O) groups is 2. The molecule has 0 saturated heterocycles. The Kier molecular flexibility index (Phi) is 5.96. The van der Waals surface area contributed by atoms with Gasteiger partial charge in [0.05, 0.1) is 11.4 Å². The fourth-order valence-corrected chi connectivity index (χ4v) is 4.80. The second-order valence-corrected chi connectivity index (χ2v) is 9.36. The number of para-hydroxylation sites is 1. The SMILES string of the molecule is Cc1cc(C)cc(NC(=O)CSC2=Nc3ccccc3C3=NC(=O)C(CC(C)C)N23)c1. The second kappa shape index (κ2) is 8.67. The van der Waals surface area contributed by atoms with Crippen molar-refractivity contribution in [1.29, 1.82) is 0 Å². The summed E-state index contributed by atoms with van der Waals surface area (Å²) >= 11 is 1.34. The van der Waals surface area contributed by atoms with Crippen molar-refractivity contribution in [3.8, 4) is 0 Å². The van der Waals surface area contributed by atoms with Gasteiger partial charge in [-0.05, 0) is 61.6 Å². The van der Waals surface area contributed by atoms with E-state index in [0.29, 0.717) is 23.3 Å². The third-order valence-electron chi connectivity index (χ3n) is 5.14. The van der Waals surface area contributed by atoms with Crippen LogP contribution in [0.25, 0.3) is 0 Å². The highest BCUT2D eigenvalue weighted by atomic mass is 32.2. The molecule has 2 amide bonds. The lowest BCUT2D eigenvalue weighted by Gasteiger charge is -2.31. The van der Waals surface area contributed by atoms with Crippen LogP contribution in [-0.4, -0.2) is 39.5 Å². The van der Waals surface area contributed by atoms with Crippen LogP contribution >= 0.6 is 11.8 Å². The maximum atomic E-state index is 12.7. The number of amides is 2. The molecule has 0 aromatic heterocycles. The Labute approximate surface area is 186 Å². The number of aliphatic imine (C=N–C) groups is 2. The van der Waals surface area contributed by atoms with Gasteiger partial charge < -0.3 is 5.32 Å². The number of amidine groups is 2. The zero-order valence-electron chi connectivity index (χ0n) is 18.2. The van der Waals surface area contributed by atoms with E-state index in [0.717, 1.165) is 28.1 Å². The number of nitrogens with one attached hydrogen (secondary N) is 1. The van der Waals surface area contributed by atoms with Crippen LogP contribution in [-0.2, 0) is 9.59 Å². The topological polar surface area (TPSA) is 74.1 Å². The van der Waals surface area contributed by atoms with Gasteiger partial charge in [0.15, 0.2) is 5.17 Å². The molecule has 1 atom stereocenters. The molecule has 0 bridgehead atoms. The lowest BCUT2D eigenvalue weighted by Crippen LogP contribution is -2.44. The minimum atomic E-state index is -0.378. The van der Waals surface area contributed by atoms with Crippen molar-refractivity contribution in [2.75, 3.05) is 11.1 Å². The molecule has 2 aromatic carbocycles. The second-order valence-electron chi connectivity index (χ2n) is 8.41. The van der Waals surface area contributed by atoms with Crippen molar-refractivity contribution in [2.45, 2.75) is 40.2 Å². The van der Waals surface area contributed by atoms with Crippen LogP contribution in [0.4, 0.5) is 11.4 Å². The van der Waals surface area contributed by atoms with E-state index in [1.807, 2.05) is 55.1 Å². The van der Waals surface area contributed by atoms with Gasteiger partial charge >= 0.3 is 0 Å². The maximum Gasteiger partial charge on any atom is 0.270 e. The van der Waals surface area contributed by atoms with Gasteiger partial charge in [-0.25, -0.2) is 4.99 Å². The van der Waals surface area contributed by atoms with Gasteiger partial charge in [-0.15, -0.1) is 0 Å². The van der Waals surface area contributed by atoms with E-state index in [9.17, 15) is 9.59 Å². The molecule has 2 aliphatic rings. The number of carbonyl (C=O) groups excluding carboxylic acids is 2. The lowest BCUT2D eigenvalue weighted by molar-refractivity contribution is -0.120. The number of fused-ring (bicyclic) bond motifs is 3. The Bertz CT molecular complexity index is 1090. The van der Waals surface area contributed by atoms with Gasteiger partial charge in [-0.1, -0.05) is 43.8 Å². The molecule has 0 spiro atoms. The molecule has 0 aliphatic carbocycles. The first kappa shape index (κ1) is 21.3. The van der Waals surface area contributed by atoms with E-state index in [2.05, 4.69) is 30.2 Å². The Morgan fingerprint density at radius 3 is 2.55 bits per heavy atom.